The van der Waals surface area contributed by atoms with Crippen LogP contribution in [-0.4, -0.2) is 36.5 Å². The molecule has 2 aliphatic heterocycles. The van der Waals surface area contributed by atoms with Gasteiger partial charge >= 0.3 is 0 Å². The van der Waals surface area contributed by atoms with E-state index in [1.54, 1.807) is 0 Å². The van der Waals surface area contributed by atoms with Crippen molar-refractivity contribution in [3.63, 3.8) is 0 Å². The molecule has 4 nitrogen and oxygen atoms in total. The number of benzene rings is 1. The zero-order chi connectivity index (χ0) is 15.4. The van der Waals surface area contributed by atoms with Crippen LogP contribution in [-0.2, 0) is 13.1 Å². The first-order valence-corrected chi connectivity index (χ1v) is 8.54. The molecule has 4 heteroatoms. The number of guanidine groups is 1. The number of nitrogens with zero attached hydrogens (tertiary/aromatic N) is 2. The van der Waals surface area contributed by atoms with Crippen LogP contribution in [0.3, 0.4) is 0 Å². The quantitative estimate of drug-likeness (QED) is 0.897. The molecule has 2 heterocycles. The van der Waals surface area contributed by atoms with Gasteiger partial charge in [0.1, 0.15) is 0 Å². The lowest BCUT2D eigenvalue weighted by Crippen LogP contribution is -2.37. The van der Waals surface area contributed by atoms with Crippen molar-refractivity contribution in [2.75, 3.05) is 19.6 Å². The van der Waals surface area contributed by atoms with Crippen molar-refractivity contribution in [3.05, 3.63) is 35.4 Å². The van der Waals surface area contributed by atoms with Gasteiger partial charge in [0, 0.05) is 19.1 Å². The highest BCUT2D eigenvalue weighted by Crippen LogP contribution is 2.18. The lowest BCUT2D eigenvalue weighted by atomic mass is 9.98. The summed E-state index contributed by atoms with van der Waals surface area (Å²) in [5.74, 6) is 1.83. The van der Waals surface area contributed by atoms with Crippen LogP contribution in [0.4, 0.5) is 0 Å². The molecule has 1 atom stereocenters. The second-order valence-electron chi connectivity index (χ2n) is 6.87. The van der Waals surface area contributed by atoms with Crippen LogP contribution in [0.2, 0.25) is 0 Å². The molecule has 0 aromatic heterocycles. The molecule has 1 saturated heterocycles. The molecule has 1 unspecified atom stereocenters. The standard InChI is InChI=1S/C18H28N4/c1-14-6-8-22(9-7-14)13-17-5-3-4-16(10-17)12-20-18-19-11-15(2)21-18/h3-5,10,14-15H,6-9,11-13H2,1-2H3,(H2,19,20,21). The maximum absolute atomic E-state index is 4.44. The maximum atomic E-state index is 4.44. The highest BCUT2D eigenvalue weighted by molar-refractivity contribution is 5.81. The van der Waals surface area contributed by atoms with Gasteiger partial charge in [0.15, 0.2) is 5.96 Å². The Labute approximate surface area is 134 Å². The molecule has 0 radical (unpaired) electrons. The van der Waals surface area contributed by atoms with Crippen LogP contribution in [0.25, 0.3) is 0 Å². The van der Waals surface area contributed by atoms with Crippen LogP contribution in [0.1, 0.15) is 37.8 Å². The van der Waals surface area contributed by atoms with E-state index in [1.807, 2.05) is 0 Å². The van der Waals surface area contributed by atoms with E-state index in [1.165, 1.54) is 37.1 Å². The third-order valence-electron chi connectivity index (χ3n) is 4.64. The number of hydrogen-bond donors (Lipinski definition) is 2. The summed E-state index contributed by atoms with van der Waals surface area (Å²) in [5, 5.41) is 6.73. The Morgan fingerprint density at radius 1 is 1.23 bits per heavy atom. The molecule has 1 aromatic carbocycles. The summed E-state index contributed by atoms with van der Waals surface area (Å²) in [6, 6.07) is 9.38. The van der Waals surface area contributed by atoms with E-state index in [-0.39, 0.29) is 0 Å². The Hall–Kier alpha value is -1.55. The molecule has 1 fully saturated rings. The third kappa shape index (κ3) is 4.23. The number of hydrogen-bond acceptors (Lipinski definition) is 4. The lowest BCUT2D eigenvalue weighted by molar-refractivity contribution is 0.185. The van der Waals surface area contributed by atoms with E-state index in [4.69, 9.17) is 0 Å². The summed E-state index contributed by atoms with van der Waals surface area (Å²) in [4.78, 5) is 7.02. The van der Waals surface area contributed by atoms with Crippen molar-refractivity contribution in [1.82, 2.24) is 15.5 Å². The summed E-state index contributed by atoms with van der Waals surface area (Å²) in [6.45, 7) is 9.78. The zero-order valence-electron chi connectivity index (χ0n) is 13.8. The van der Waals surface area contributed by atoms with Crippen LogP contribution in [0.5, 0.6) is 0 Å². The minimum atomic E-state index is 0.454. The lowest BCUT2D eigenvalue weighted by Gasteiger charge is -2.30. The molecule has 0 amide bonds. The van der Waals surface area contributed by atoms with Crippen molar-refractivity contribution in [2.45, 2.75) is 45.8 Å². The van der Waals surface area contributed by atoms with E-state index in [2.05, 4.69) is 58.6 Å². The third-order valence-corrected chi connectivity index (χ3v) is 4.64. The molecule has 0 bridgehead atoms. The van der Waals surface area contributed by atoms with E-state index in [0.717, 1.165) is 31.5 Å². The van der Waals surface area contributed by atoms with E-state index < -0.39 is 0 Å². The zero-order valence-corrected chi connectivity index (χ0v) is 13.8. The predicted molar refractivity (Wildman–Crippen MR) is 91.9 cm³/mol. The number of aliphatic imine (C=N–C) groups is 1. The van der Waals surface area contributed by atoms with Gasteiger partial charge < -0.3 is 10.6 Å². The highest BCUT2D eigenvalue weighted by Gasteiger charge is 2.16. The Kier molecular flexibility index (Phi) is 4.98. The fraction of sp³-hybridized carbons (Fsp3) is 0.611. The summed E-state index contributed by atoms with van der Waals surface area (Å²) < 4.78 is 0. The van der Waals surface area contributed by atoms with Gasteiger partial charge in [-0.1, -0.05) is 31.2 Å². The largest absolute Gasteiger partial charge is 0.352 e. The molecule has 2 N–H and O–H groups in total. The molecule has 3 rings (SSSR count). The van der Waals surface area contributed by atoms with Crippen LogP contribution >= 0.6 is 0 Å². The Balaban J connectivity index is 1.51. The predicted octanol–water partition coefficient (Wildman–Crippen LogP) is 2.36. The molecule has 120 valence electrons. The SMILES string of the molecule is CC1CCN(Cc2cccc(CNC3=NCC(C)N3)c2)CC1. The molecule has 0 spiro atoms. The number of rotatable bonds is 4. The average molecular weight is 300 g/mol. The monoisotopic (exact) mass is 300 g/mol. The minimum absolute atomic E-state index is 0.454. The Morgan fingerprint density at radius 2 is 2.00 bits per heavy atom. The van der Waals surface area contributed by atoms with Gasteiger partial charge in [0.2, 0.25) is 0 Å². The van der Waals surface area contributed by atoms with Gasteiger partial charge in [-0.15, -0.1) is 0 Å². The molecular weight excluding hydrogens is 272 g/mol. The second kappa shape index (κ2) is 7.14. The fourth-order valence-corrected chi connectivity index (χ4v) is 3.16. The van der Waals surface area contributed by atoms with E-state index >= 15 is 0 Å². The number of piperidine rings is 1. The van der Waals surface area contributed by atoms with Crippen molar-refractivity contribution in [2.24, 2.45) is 10.9 Å². The summed E-state index contributed by atoms with van der Waals surface area (Å²) in [6.07, 6.45) is 2.68. The topological polar surface area (TPSA) is 39.7 Å². The molecule has 0 aliphatic carbocycles. The van der Waals surface area contributed by atoms with E-state index in [9.17, 15) is 0 Å². The maximum Gasteiger partial charge on any atom is 0.191 e. The van der Waals surface area contributed by atoms with Gasteiger partial charge in [-0.05, 0) is 49.9 Å². The van der Waals surface area contributed by atoms with Gasteiger partial charge in [-0.3, -0.25) is 9.89 Å². The molecular formula is C18H28N4. The molecule has 0 saturated carbocycles. The minimum Gasteiger partial charge on any atom is -0.352 e. The first kappa shape index (κ1) is 15.3. The first-order chi connectivity index (χ1) is 10.7. The summed E-state index contributed by atoms with van der Waals surface area (Å²) in [5.41, 5.74) is 2.75. The Bertz CT molecular complexity index is 518. The van der Waals surface area contributed by atoms with Crippen molar-refractivity contribution >= 4 is 5.96 Å². The normalized spacial score (nSPS) is 23.2. The Morgan fingerprint density at radius 3 is 2.73 bits per heavy atom. The molecule has 22 heavy (non-hydrogen) atoms. The average Bonchev–Trinajstić information content (AvgIpc) is 2.94. The fourth-order valence-electron chi connectivity index (χ4n) is 3.16. The smallest absolute Gasteiger partial charge is 0.191 e. The molecule has 1 aromatic rings. The van der Waals surface area contributed by atoms with Crippen molar-refractivity contribution in [3.8, 4) is 0 Å². The van der Waals surface area contributed by atoms with Crippen molar-refractivity contribution in [1.29, 1.82) is 0 Å². The van der Waals surface area contributed by atoms with Crippen LogP contribution in [0.15, 0.2) is 29.3 Å². The summed E-state index contributed by atoms with van der Waals surface area (Å²) >= 11 is 0. The number of nitrogens with one attached hydrogen (secondary N) is 2. The van der Waals surface area contributed by atoms with Crippen LogP contribution in [0, 0.1) is 5.92 Å². The number of likely N-dealkylation sites (tertiary alicyclic amines) is 1. The second-order valence-corrected chi connectivity index (χ2v) is 6.87. The van der Waals surface area contributed by atoms with Gasteiger partial charge in [0.05, 0.1) is 6.54 Å². The van der Waals surface area contributed by atoms with Gasteiger partial charge in [-0.2, -0.15) is 0 Å². The highest BCUT2D eigenvalue weighted by atomic mass is 15.2. The van der Waals surface area contributed by atoms with Crippen molar-refractivity contribution < 1.29 is 0 Å². The van der Waals surface area contributed by atoms with Crippen LogP contribution < -0.4 is 10.6 Å². The van der Waals surface area contributed by atoms with E-state index in [0.29, 0.717) is 6.04 Å². The first-order valence-electron chi connectivity index (χ1n) is 8.54. The van der Waals surface area contributed by atoms with Gasteiger partial charge in [-0.25, -0.2) is 0 Å². The van der Waals surface area contributed by atoms with Gasteiger partial charge in [0.25, 0.3) is 0 Å². The summed E-state index contributed by atoms with van der Waals surface area (Å²) in [7, 11) is 0. The molecule has 2 aliphatic rings.